The second-order valence-electron chi connectivity index (χ2n) is 4.36. The van der Waals surface area contributed by atoms with Gasteiger partial charge in [0.15, 0.2) is 12.6 Å². The van der Waals surface area contributed by atoms with Crippen molar-refractivity contribution in [2.75, 3.05) is 6.61 Å². The first kappa shape index (κ1) is 16.4. The summed E-state index contributed by atoms with van der Waals surface area (Å²) in [7, 11) is 0. The number of alkyl halides is 1. The molecule has 1 aliphatic rings. The molecule has 1 aliphatic heterocycles. The highest BCUT2D eigenvalue weighted by Crippen LogP contribution is 2.27. The molecule has 0 radical (unpaired) electrons. The smallest absolute Gasteiger partial charge is 0.353 e. The van der Waals surface area contributed by atoms with Crippen LogP contribution in [-0.2, 0) is 14.4 Å². The maximum absolute atomic E-state index is 14.9. The van der Waals surface area contributed by atoms with Gasteiger partial charge in [-0.2, -0.15) is 0 Å². The SMILES string of the molecule is CCOC(=O)C1(F)C(O)NC(O)NC1O/N=C\c1ccco1. The average molecular weight is 317 g/mol. The maximum atomic E-state index is 14.9. The van der Waals surface area contributed by atoms with Crippen molar-refractivity contribution in [3.05, 3.63) is 24.2 Å². The Bertz CT molecular complexity index is 525. The Balaban J connectivity index is 2.14. The molecule has 0 saturated carbocycles. The molecule has 22 heavy (non-hydrogen) atoms. The van der Waals surface area contributed by atoms with Crippen molar-refractivity contribution in [2.45, 2.75) is 31.4 Å². The van der Waals surface area contributed by atoms with Gasteiger partial charge in [0.1, 0.15) is 12.0 Å². The maximum Gasteiger partial charge on any atom is 0.353 e. The molecule has 4 N–H and O–H groups in total. The van der Waals surface area contributed by atoms with Crippen LogP contribution in [0.3, 0.4) is 0 Å². The van der Waals surface area contributed by atoms with Crippen LogP contribution in [0.1, 0.15) is 12.7 Å². The van der Waals surface area contributed by atoms with Crippen molar-refractivity contribution in [2.24, 2.45) is 5.16 Å². The van der Waals surface area contributed by atoms with E-state index in [9.17, 15) is 19.4 Å². The third-order valence-corrected chi connectivity index (χ3v) is 2.88. The number of aliphatic hydroxyl groups excluding tert-OH is 2. The lowest BCUT2D eigenvalue weighted by molar-refractivity contribution is -0.219. The first-order valence-corrected chi connectivity index (χ1v) is 6.45. The van der Waals surface area contributed by atoms with E-state index < -0.39 is 30.4 Å². The summed E-state index contributed by atoms with van der Waals surface area (Å²) in [5, 5.41) is 26.8. The van der Waals surface area contributed by atoms with Crippen molar-refractivity contribution in [1.82, 2.24) is 10.6 Å². The summed E-state index contributed by atoms with van der Waals surface area (Å²) < 4.78 is 24.4. The summed E-state index contributed by atoms with van der Waals surface area (Å²) in [6.45, 7) is 1.39. The Kier molecular flexibility index (Phi) is 5.08. The van der Waals surface area contributed by atoms with Crippen LogP contribution < -0.4 is 10.6 Å². The lowest BCUT2D eigenvalue weighted by Crippen LogP contribution is -2.74. The van der Waals surface area contributed by atoms with Crippen LogP contribution in [0, 0.1) is 0 Å². The number of carbonyl (C=O) groups excluding carboxylic acids is 1. The molecule has 0 bridgehead atoms. The Labute approximate surface area is 124 Å². The number of nitrogens with one attached hydrogen (secondary N) is 2. The van der Waals surface area contributed by atoms with Crippen LogP contribution >= 0.6 is 0 Å². The molecule has 1 saturated heterocycles. The zero-order valence-electron chi connectivity index (χ0n) is 11.6. The minimum absolute atomic E-state index is 0.0951. The minimum atomic E-state index is -3.00. The molecular formula is C12H16FN3O6. The monoisotopic (exact) mass is 317 g/mol. The van der Waals surface area contributed by atoms with Crippen molar-refractivity contribution < 1.29 is 33.4 Å². The number of rotatable bonds is 5. The molecular weight excluding hydrogens is 301 g/mol. The largest absolute Gasteiger partial charge is 0.463 e. The van der Waals surface area contributed by atoms with Crippen LogP contribution in [0.15, 0.2) is 28.0 Å². The fraction of sp³-hybridized carbons (Fsp3) is 0.500. The zero-order chi connectivity index (χ0) is 16.2. The average Bonchev–Trinajstić information content (AvgIpc) is 2.97. The fourth-order valence-electron chi connectivity index (χ4n) is 1.80. The first-order chi connectivity index (χ1) is 10.5. The van der Waals surface area contributed by atoms with Crippen LogP contribution in [0.5, 0.6) is 0 Å². The number of hydrogen-bond donors (Lipinski definition) is 4. The molecule has 0 spiro atoms. The highest BCUT2D eigenvalue weighted by atomic mass is 19.1. The molecule has 10 heteroatoms. The molecule has 4 atom stereocenters. The van der Waals surface area contributed by atoms with Gasteiger partial charge in [-0.1, -0.05) is 5.16 Å². The zero-order valence-corrected chi connectivity index (χ0v) is 11.6. The van der Waals surface area contributed by atoms with Gasteiger partial charge < -0.3 is 24.2 Å². The molecule has 1 fully saturated rings. The standard InChI is InChI=1S/C12H16FN3O6/c1-2-20-10(18)12(13)8(17)15-11(19)16-9(12)22-14-6-7-4-3-5-21-7/h3-6,8-9,11,15-17,19H,2H2,1H3/b14-6-. The van der Waals surface area contributed by atoms with Crippen LogP contribution in [0.2, 0.25) is 0 Å². The number of nitrogens with zero attached hydrogens (tertiary/aromatic N) is 1. The third kappa shape index (κ3) is 3.25. The second-order valence-corrected chi connectivity index (χ2v) is 4.36. The van der Waals surface area contributed by atoms with E-state index in [4.69, 9.17) is 9.25 Å². The summed E-state index contributed by atoms with van der Waals surface area (Å²) in [5.74, 6) is -1.02. The molecule has 1 aromatic heterocycles. The van der Waals surface area contributed by atoms with E-state index >= 15 is 0 Å². The number of esters is 1. The molecule has 0 aromatic carbocycles. The molecule has 0 amide bonds. The van der Waals surface area contributed by atoms with E-state index in [0.29, 0.717) is 5.76 Å². The van der Waals surface area contributed by atoms with Crippen molar-refractivity contribution in [3.8, 4) is 0 Å². The van der Waals surface area contributed by atoms with Gasteiger partial charge in [-0.3, -0.25) is 5.32 Å². The molecule has 4 unspecified atom stereocenters. The Hall–Kier alpha value is -2.01. The number of ether oxygens (including phenoxy) is 1. The van der Waals surface area contributed by atoms with Gasteiger partial charge in [-0.05, 0) is 19.1 Å². The predicted molar refractivity (Wildman–Crippen MR) is 69.9 cm³/mol. The summed E-state index contributed by atoms with van der Waals surface area (Å²) >= 11 is 0. The van der Waals surface area contributed by atoms with E-state index in [2.05, 4.69) is 15.2 Å². The van der Waals surface area contributed by atoms with E-state index in [1.165, 1.54) is 13.2 Å². The van der Waals surface area contributed by atoms with Crippen molar-refractivity contribution in [3.63, 3.8) is 0 Å². The van der Waals surface area contributed by atoms with E-state index in [1.807, 2.05) is 5.32 Å². The van der Waals surface area contributed by atoms with Gasteiger partial charge in [-0.25, -0.2) is 14.5 Å². The number of aliphatic hydroxyl groups is 2. The quantitative estimate of drug-likeness (QED) is 0.310. The number of halogens is 1. The van der Waals surface area contributed by atoms with Crippen LogP contribution in [-0.4, -0.2) is 53.5 Å². The van der Waals surface area contributed by atoms with Crippen molar-refractivity contribution in [1.29, 1.82) is 0 Å². The van der Waals surface area contributed by atoms with Gasteiger partial charge in [-0.15, -0.1) is 0 Å². The Morgan fingerprint density at radius 1 is 1.59 bits per heavy atom. The van der Waals surface area contributed by atoms with Gasteiger partial charge in [0, 0.05) is 0 Å². The summed E-state index contributed by atoms with van der Waals surface area (Å²) in [6, 6.07) is 3.18. The molecule has 0 aliphatic carbocycles. The van der Waals surface area contributed by atoms with Gasteiger partial charge in [0.05, 0.1) is 12.9 Å². The predicted octanol–water partition coefficient (Wildman–Crippen LogP) is -0.985. The van der Waals surface area contributed by atoms with E-state index in [-0.39, 0.29) is 6.61 Å². The molecule has 122 valence electrons. The summed E-state index contributed by atoms with van der Waals surface area (Å²) in [4.78, 5) is 16.6. The molecule has 1 aromatic rings. The van der Waals surface area contributed by atoms with Gasteiger partial charge >= 0.3 is 5.97 Å². The molecule has 2 rings (SSSR count). The highest BCUT2D eigenvalue weighted by molar-refractivity contribution is 5.81. The lowest BCUT2D eigenvalue weighted by Gasteiger charge is -2.40. The highest BCUT2D eigenvalue weighted by Gasteiger charge is 2.60. The van der Waals surface area contributed by atoms with Crippen LogP contribution in [0.25, 0.3) is 0 Å². The van der Waals surface area contributed by atoms with Gasteiger partial charge in [0.25, 0.3) is 5.67 Å². The van der Waals surface area contributed by atoms with E-state index in [1.54, 1.807) is 12.1 Å². The third-order valence-electron chi connectivity index (χ3n) is 2.88. The Morgan fingerprint density at radius 3 is 3.00 bits per heavy atom. The summed E-state index contributed by atoms with van der Waals surface area (Å²) in [6.07, 6.45) is -2.79. The number of hydrogen-bond acceptors (Lipinski definition) is 9. The fourth-order valence-corrected chi connectivity index (χ4v) is 1.80. The second kappa shape index (κ2) is 6.83. The number of oxime groups is 1. The number of furan rings is 1. The topological polar surface area (TPSA) is 126 Å². The minimum Gasteiger partial charge on any atom is -0.463 e. The van der Waals surface area contributed by atoms with Crippen LogP contribution in [0.4, 0.5) is 4.39 Å². The molecule has 2 heterocycles. The lowest BCUT2D eigenvalue weighted by atomic mass is 10.00. The van der Waals surface area contributed by atoms with E-state index in [0.717, 1.165) is 6.21 Å². The normalized spacial score (nSPS) is 32.1. The Morgan fingerprint density at radius 2 is 2.36 bits per heavy atom. The summed E-state index contributed by atoms with van der Waals surface area (Å²) in [5.41, 5.74) is -3.00. The molecule has 9 nitrogen and oxygen atoms in total. The first-order valence-electron chi connectivity index (χ1n) is 6.45. The van der Waals surface area contributed by atoms with Gasteiger partial charge in [0.2, 0.25) is 6.23 Å². The van der Waals surface area contributed by atoms with Crippen molar-refractivity contribution >= 4 is 12.2 Å². The number of carbonyl (C=O) groups is 1.